The molecule has 8 nitrogen and oxygen atoms in total. The highest BCUT2D eigenvalue weighted by molar-refractivity contribution is 7.92. The van der Waals surface area contributed by atoms with E-state index in [0.29, 0.717) is 44.0 Å². The molecule has 2 aromatic rings. The number of hydrogen-bond donors (Lipinski definition) is 1. The van der Waals surface area contributed by atoms with E-state index >= 15 is 0 Å². The fourth-order valence-corrected chi connectivity index (χ4v) is 4.74. The molecule has 0 heterocycles. The fraction of sp³-hybridized carbons (Fsp3) is 0.462. The fourth-order valence-electron chi connectivity index (χ4n) is 3.77. The molecule has 0 fully saturated rings. The number of benzene rings is 2. The molecule has 0 saturated heterocycles. The van der Waals surface area contributed by atoms with E-state index in [-0.39, 0.29) is 24.8 Å². The Kier molecular flexibility index (Phi) is 11.0. The zero-order chi connectivity index (χ0) is 25.8. The van der Waals surface area contributed by atoms with Crippen LogP contribution in [0.5, 0.6) is 5.75 Å². The SMILES string of the molecule is CCNC(=O)C(C)N(CCc1ccccc1)C(=O)CCCN(c1ccc(OCC)cc1)S(C)(=O)=O. The first-order valence-electron chi connectivity index (χ1n) is 12.0. The molecule has 0 aromatic heterocycles. The van der Waals surface area contributed by atoms with Crippen molar-refractivity contribution in [2.45, 2.75) is 46.1 Å². The van der Waals surface area contributed by atoms with E-state index in [0.717, 1.165) is 11.8 Å². The molecule has 9 heteroatoms. The van der Waals surface area contributed by atoms with Crippen LogP contribution in [0.25, 0.3) is 0 Å². The third-order valence-electron chi connectivity index (χ3n) is 5.59. The second-order valence-electron chi connectivity index (χ2n) is 8.26. The summed E-state index contributed by atoms with van der Waals surface area (Å²) in [5, 5.41) is 2.78. The molecule has 35 heavy (non-hydrogen) atoms. The van der Waals surface area contributed by atoms with E-state index in [2.05, 4.69) is 5.32 Å². The van der Waals surface area contributed by atoms with E-state index in [4.69, 9.17) is 4.74 Å². The minimum Gasteiger partial charge on any atom is -0.494 e. The van der Waals surface area contributed by atoms with Crippen LogP contribution in [0.15, 0.2) is 54.6 Å². The molecule has 2 amide bonds. The first-order valence-corrected chi connectivity index (χ1v) is 13.8. The zero-order valence-corrected chi connectivity index (χ0v) is 21.9. The summed E-state index contributed by atoms with van der Waals surface area (Å²) in [6.07, 6.45) is 2.22. The van der Waals surface area contributed by atoms with Gasteiger partial charge in [-0.25, -0.2) is 8.42 Å². The van der Waals surface area contributed by atoms with Crippen molar-refractivity contribution in [2.24, 2.45) is 0 Å². The van der Waals surface area contributed by atoms with Crippen LogP contribution >= 0.6 is 0 Å². The van der Waals surface area contributed by atoms with Gasteiger partial charge in [0.15, 0.2) is 0 Å². The molecular formula is C26H37N3O5S. The standard InChI is InChI=1S/C26H37N3O5S/c1-5-27-26(31)21(3)28(20-18-22-11-8-7-9-12-22)25(30)13-10-19-29(35(4,32)33)23-14-16-24(17-15-23)34-6-2/h7-9,11-12,14-17,21H,5-6,10,13,18-20H2,1-4H3,(H,27,31). The molecule has 0 aliphatic heterocycles. The highest BCUT2D eigenvalue weighted by Gasteiger charge is 2.26. The zero-order valence-electron chi connectivity index (χ0n) is 21.1. The Morgan fingerprint density at radius 1 is 1.00 bits per heavy atom. The second-order valence-corrected chi connectivity index (χ2v) is 10.2. The minimum atomic E-state index is -3.54. The summed E-state index contributed by atoms with van der Waals surface area (Å²) < 4.78 is 31.6. The van der Waals surface area contributed by atoms with E-state index in [1.165, 1.54) is 4.31 Å². The predicted octanol–water partition coefficient (Wildman–Crippen LogP) is 3.23. The first kappa shape index (κ1) is 28.2. The Labute approximate surface area is 209 Å². The Morgan fingerprint density at radius 2 is 1.66 bits per heavy atom. The lowest BCUT2D eigenvalue weighted by Gasteiger charge is -2.29. The monoisotopic (exact) mass is 503 g/mol. The Hall–Kier alpha value is -3.07. The van der Waals surface area contributed by atoms with Crippen LogP contribution in [0.4, 0.5) is 5.69 Å². The van der Waals surface area contributed by atoms with Crippen molar-refractivity contribution in [3.63, 3.8) is 0 Å². The number of nitrogens with zero attached hydrogens (tertiary/aromatic N) is 2. The molecule has 0 spiro atoms. The number of hydrogen-bond acceptors (Lipinski definition) is 5. The summed E-state index contributed by atoms with van der Waals surface area (Å²) in [4.78, 5) is 27.2. The number of amides is 2. The summed E-state index contributed by atoms with van der Waals surface area (Å²) in [6.45, 7) is 6.99. The van der Waals surface area contributed by atoms with Crippen LogP contribution < -0.4 is 14.4 Å². The third-order valence-corrected chi connectivity index (χ3v) is 6.78. The van der Waals surface area contributed by atoms with Gasteiger partial charge in [0.1, 0.15) is 11.8 Å². The summed E-state index contributed by atoms with van der Waals surface area (Å²) in [5.74, 6) is 0.272. The average molecular weight is 504 g/mol. The number of ether oxygens (including phenoxy) is 1. The number of likely N-dealkylation sites (N-methyl/N-ethyl adjacent to an activating group) is 1. The van der Waals surface area contributed by atoms with Crippen LogP contribution in [0.3, 0.4) is 0 Å². The smallest absolute Gasteiger partial charge is 0.242 e. The van der Waals surface area contributed by atoms with Gasteiger partial charge in [0.05, 0.1) is 18.6 Å². The van der Waals surface area contributed by atoms with Crippen LogP contribution in [0.1, 0.15) is 39.2 Å². The maximum absolute atomic E-state index is 13.2. The lowest BCUT2D eigenvalue weighted by atomic mass is 10.1. The molecule has 0 bridgehead atoms. The molecule has 1 N–H and O–H groups in total. The first-order chi connectivity index (χ1) is 16.7. The van der Waals surface area contributed by atoms with Crippen LogP contribution in [-0.2, 0) is 26.0 Å². The molecule has 0 radical (unpaired) electrons. The highest BCUT2D eigenvalue weighted by atomic mass is 32.2. The van der Waals surface area contributed by atoms with Crippen molar-refractivity contribution < 1.29 is 22.7 Å². The summed E-state index contributed by atoms with van der Waals surface area (Å²) >= 11 is 0. The van der Waals surface area contributed by atoms with Crippen molar-refractivity contribution in [3.05, 3.63) is 60.2 Å². The van der Waals surface area contributed by atoms with E-state index < -0.39 is 16.1 Å². The normalized spacial score (nSPS) is 12.0. The van der Waals surface area contributed by atoms with Gasteiger partial charge in [-0.15, -0.1) is 0 Å². The van der Waals surface area contributed by atoms with Gasteiger partial charge >= 0.3 is 0 Å². The van der Waals surface area contributed by atoms with Crippen molar-refractivity contribution in [1.82, 2.24) is 10.2 Å². The maximum atomic E-state index is 13.2. The Bertz CT molecular complexity index is 1040. The summed E-state index contributed by atoms with van der Waals surface area (Å²) in [6, 6.07) is 16.0. The van der Waals surface area contributed by atoms with Gasteiger partial charge in [0.25, 0.3) is 0 Å². The van der Waals surface area contributed by atoms with Crippen LogP contribution in [0.2, 0.25) is 0 Å². The molecule has 1 atom stereocenters. The van der Waals surface area contributed by atoms with Crippen LogP contribution in [0, 0.1) is 0 Å². The van der Waals surface area contributed by atoms with Gasteiger partial charge in [-0.3, -0.25) is 13.9 Å². The Morgan fingerprint density at radius 3 is 2.23 bits per heavy atom. The lowest BCUT2D eigenvalue weighted by Crippen LogP contribution is -2.48. The average Bonchev–Trinajstić information content (AvgIpc) is 2.83. The molecular weight excluding hydrogens is 466 g/mol. The summed E-state index contributed by atoms with van der Waals surface area (Å²) in [7, 11) is -3.54. The maximum Gasteiger partial charge on any atom is 0.242 e. The minimum absolute atomic E-state index is 0.127. The van der Waals surface area contributed by atoms with E-state index in [1.54, 1.807) is 36.1 Å². The number of sulfonamides is 1. The number of nitrogens with one attached hydrogen (secondary N) is 1. The van der Waals surface area contributed by atoms with Gasteiger partial charge in [0, 0.05) is 26.1 Å². The molecule has 192 valence electrons. The van der Waals surface area contributed by atoms with Crippen LogP contribution in [-0.4, -0.2) is 63.7 Å². The number of rotatable bonds is 14. The number of anilines is 1. The third kappa shape index (κ3) is 8.90. The molecule has 2 rings (SSSR count). The number of carbonyl (C=O) groups excluding carboxylic acids is 2. The molecule has 1 unspecified atom stereocenters. The summed E-state index contributed by atoms with van der Waals surface area (Å²) in [5.41, 5.74) is 1.59. The second kappa shape index (κ2) is 13.7. The quantitative estimate of drug-likeness (QED) is 0.427. The highest BCUT2D eigenvalue weighted by Crippen LogP contribution is 2.22. The molecule has 0 aliphatic rings. The van der Waals surface area contributed by atoms with Crippen molar-refractivity contribution in [1.29, 1.82) is 0 Å². The molecule has 0 aliphatic carbocycles. The Balaban J connectivity index is 2.08. The largest absolute Gasteiger partial charge is 0.494 e. The van der Waals surface area contributed by atoms with Crippen molar-refractivity contribution in [2.75, 3.05) is 36.8 Å². The van der Waals surface area contributed by atoms with Crippen molar-refractivity contribution >= 4 is 27.5 Å². The van der Waals surface area contributed by atoms with Gasteiger partial charge < -0.3 is 15.0 Å². The van der Waals surface area contributed by atoms with Gasteiger partial charge in [0.2, 0.25) is 21.8 Å². The lowest BCUT2D eigenvalue weighted by molar-refractivity contribution is -0.139. The van der Waals surface area contributed by atoms with Gasteiger partial charge in [-0.05, 0) is 63.4 Å². The van der Waals surface area contributed by atoms with Gasteiger partial charge in [-0.2, -0.15) is 0 Å². The number of carbonyl (C=O) groups is 2. The predicted molar refractivity (Wildman–Crippen MR) is 139 cm³/mol. The van der Waals surface area contributed by atoms with Gasteiger partial charge in [-0.1, -0.05) is 30.3 Å². The topological polar surface area (TPSA) is 96.0 Å². The van der Waals surface area contributed by atoms with Crippen molar-refractivity contribution in [3.8, 4) is 5.75 Å². The van der Waals surface area contributed by atoms with E-state index in [9.17, 15) is 18.0 Å². The van der Waals surface area contributed by atoms with E-state index in [1.807, 2.05) is 44.2 Å². The molecule has 2 aromatic carbocycles. The molecule has 0 saturated carbocycles.